The van der Waals surface area contributed by atoms with E-state index in [4.69, 9.17) is 5.73 Å². The third-order valence-electron chi connectivity index (χ3n) is 3.30. The van der Waals surface area contributed by atoms with Gasteiger partial charge in [-0.05, 0) is 32.4 Å². The maximum Gasteiger partial charge on any atom is 0.244 e. The second kappa shape index (κ2) is 6.05. The molecule has 0 aliphatic carbocycles. The number of aryl methyl sites for hydroxylation is 1. The Hall–Kier alpha value is -2.21. The van der Waals surface area contributed by atoms with Crippen LogP contribution in [-0.4, -0.2) is 26.6 Å². The number of amides is 1. The minimum Gasteiger partial charge on any atom is -0.324 e. The number of carbonyl (C=O) groups excluding carboxylic acids is 1. The third kappa shape index (κ3) is 3.46. The van der Waals surface area contributed by atoms with Crippen LogP contribution in [-0.2, 0) is 4.79 Å². The molecule has 0 saturated carbocycles. The van der Waals surface area contributed by atoms with Crippen molar-refractivity contribution in [2.75, 3.05) is 5.32 Å². The largest absolute Gasteiger partial charge is 0.324 e. The number of benzene rings is 1. The number of aromatic nitrogens is 3. The highest BCUT2D eigenvalue weighted by atomic mass is 16.2. The zero-order chi connectivity index (χ0) is 15.5. The van der Waals surface area contributed by atoms with Gasteiger partial charge in [-0.3, -0.25) is 9.89 Å². The van der Waals surface area contributed by atoms with Crippen LogP contribution in [0.3, 0.4) is 0 Å². The van der Waals surface area contributed by atoms with Crippen molar-refractivity contribution in [3.8, 4) is 11.4 Å². The highest BCUT2D eigenvalue weighted by molar-refractivity contribution is 6.00. The van der Waals surface area contributed by atoms with Gasteiger partial charge in [-0.25, -0.2) is 4.98 Å². The van der Waals surface area contributed by atoms with Gasteiger partial charge in [0.2, 0.25) is 5.91 Å². The Kier molecular flexibility index (Phi) is 4.37. The van der Waals surface area contributed by atoms with Crippen LogP contribution in [0.15, 0.2) is 24.3 Å². The highest BCUT2D eigenvalue weighted by Gasteiger charge is 2.27. The van der Waals surface area contributed by atoms with E-state index >= 15 is 0 Å². The van der Waals surface area contributed by atoms with Gasteiger partial charge in [0.15, 0.2) is 5.82 Å². The summed E-state index contributed by atoms with van der Waals surface area (Å²) in [4.78, 5) is 16.6. The molecule has 0 saturated heterocycles. The number of hydrogen-bond donors (Lipinski definition) is 3. The lowest BCUT2D eigenvalue weighted by molar-refractivity contribution is -0.120. The molecule has 1 aromatic carbocycles. The lowest BCUT2D eigenvalue weighted by Gasteiger charge is -2.23. The van der Waals surface area contributed by atoms with Gasteiger partial charge in [-0.1, -0.05) is 25.5 Å². The van der Waals surface area contributed by atoms with Crippen LogP contribution in [0.25, 0.3) is 11.4 Å². The Morgan fingerprint density at radius 3 is 2.76 bits per heavy atom. The number of hydrogen-bond acceptors (Lipinski definition) is 4. The Morgan fingerprint density at radius 2 is 2.14 bits per heavy atom. The van der Waals surface area contributed by atoms with E-state index in [0.717, 1.165) is 17.8 Å². The zero-order valence-corrected chi connectivity index (χ0v) is 12.6. The molecule has 6 heteroatoms. The minimum atomic E-state index is -0.892. The number of rotatable bonds is 5. The molecule has 0 bridgehead atoms. The van der Waals surface area contributed by atoms with Crippen LogP contribution in [0.1, 0.15) is 32.5 Å². The first-order chi connectivity index (χ1) is 9.94. The molecule has 6 nitrogen and oxygen atoms in total. The summed E-state index contributed by atoms with van der Waals surface area (Å²) < 4.78 is 0. The van der Waals surface area contributed by atoms with Gasteiger partial charge in [0.05, 0.1) is 11.2 Å². The van der Waals surface area contributed by atoms with Crippen LogP contribution < -0.4 is 11.1 Å². The van der Waals surface area contributed by atoms with Crippen molar-refractivity contribution in [3.05, 3.63) is 30.1 Å². The molecule has 0 aliphatic rings. The molecule has 0 radical (unpaired) electrons. The van der Waals surface area contributed by atoms with E-state index in [1.54, 1.807) is 6.92 Å². The predicted octanol–water partition coefficient (Wildman–Crippen LogP) is 2.24. The van der Waals surface area contributed by atoms with Crippen LogP contribution in [0.4, 0.5) is 5.69 Å². The van der Waals surface area contributed by atoms with E-state index in [2.05, 4.69) is 20.5 Å². The lowest BCUT2D eigenvalue weighted by atomic mass is 9.96. The van der Waals surface area contributed by atoms with E-state index in [1.807, 2.05) is 38.1 Å². The Labute approximate surface area is 124 Å². The predicted molar refractivity (Wildman–Crippen MR) is 82.7 cm³/mol. The smallest absolute Gasteiger partial charge is 0.244 e. The molecule has 0 fully saturated rings. The van der Waals surface area contributed by atoms with E-state index < -0.39 is 5.54 Å². The van der Waals surface area contributed by atoms with E-state index in [-0.39, 0.29) is 5.91 Å². The van der Waals surface area contributed by atoms with Gasteiger partial charge >= 0.3 is 0 Å². The summed E-state index contributed by atoms with van der Waals surface area (Å²) in [7, 11) is 0. The summed E-state index contributed by atoms with van der Waals surface area (Å²) in [6.07, 6.45) is 1.48. The number of aromatic amines is 1. The molecular weight excluding hydrogens is 266 g/mol. The first kappa shape index (κ1) is 15.2. The molecule has 1 atom stereocenters. The van der Waals surface area contributed by atoms with Gasteiger partial charge in [-0.2, -0.15) is 5.10 Å². The lowest BCUT2D eigenvalue weighted by Crippen LogP contribution is -2.48. The highest BCUT2D eigenvalue weighted by Crippen LogP contribution is 2.25. The second-order valence-electron chi connectivity index (χ2n) is 5.41. The van der Waals surface area contributed by atoms with Crippen molar-refractivity contribution in [2.24, 2.45) is 5.73 Å². The minimum absolute atomic E-state index is 0.205. The van der Waals surface area contributed by atoms with Gasteiger partial charge in [-0.15, -0.1) is 0 Å². The van der Waals surface area contributed by atoms with Gasteiger partial charge in [0.1, 0.15) is 5.82 Å². The SMILES string of the molecule is CCCC(C)(N)C(=O)Nc1ccccc1-c1n[nH]c(C)n1. The van der Waals surface area contributed by atoms with Crippen molar-refractivity contribution in [1.29, 1.82) is 0 Å². The molecule has 4 N–H and O–H groups in total. The summed E-state index contributed by atoms with van der Waals surface area (Å²) in [5.74, 6) is 1.07. The molecule has 1 aromatic heterocycles. The van der Waals surface area contributed by atoms with E-state index in [0.29, 0.717) is 17.9 Å². The quantitative estimate of drug-likeness (QED) is 0.785. The van der Waals surface area contributed by atoms with Crippen molar-refractivity contribution < 1.29 is 4.79 Å². The maximum atomic E-state index is 12.3. The summed E-state index contributed by atoms with van der Waals surface area (Å²) in [6.45, 7) is 5.57. The maximum absolute atomic E-state index is 12.3. The zero-order valence-electron chi connectivity index (χ0n) is 12.6. The van der Waals surface area contributed by atoms with Gasteiger partial charge in [0, 0.05) is 5.56 Å². The fourth-order valence-electron chi connectivity index (χ4n) is 2.15. The number of anilines is 1. The molecule has 1 unspecified atom stereocenters. The average molecular weight is 287 g/mol. The van der Waals surface area contributed by atoms with Crippen molar-refractivity contribution in [2.45, 2.75) is 39.2 Å². The first-order valence-corrected chi connectivity index (χ1v) is 7.03. The molecule has 2 aromatic rings. The van der Waals surface area contributed by atoms with Gasteiger partial charge < -0.3 is 11.1 Å². The molecular formula is C15H21N5O. The molecule has 1 heterocycles. The van der Waals surface area contributed by atoms with Crippen molar-refractivity contribution in [3.63, 3.8) is 0 Å². The van der Waals surface area contributed by atoms with Crippen LogP contribution in [0, 0.1) is 6.92 Å². The van der Waals surface area contributed by atoms with Crippen molar-refractivity contribution >= 4 is 11.6 Å². The van der Waals surface area contributed by atoms with Crippen LogP contribution in [0.2, 0.25) is 0 Å². The summed E-state index contributed by atoms with van der Waals surface area (Å²) in [5.41, 5.74) is 6.60. The third-order valence-corrected chi connectivity index (χ3v) is 3.30. The standard InChI is InChI=1S/C15H21N5O/c1-4-9-15(3,16)14(21)18-12-8-6-5-7-11(12)13-17-10(2)19-20-13/h5-8H,4,9,16H2,1-3H3,(H,18,21)(H,17,19,20). The summed E-state index contributed by atoms with van der Waals surface area (Å²) >= 11 is 0. The first-order valence-electron chi connectivity index (χ1n) is 7.03. The van der Waals surface area contributed by atoms with Crippen molar-refractivity contribution in [1.82, 2.24) is 15.2 Å². The molecule has 0 aliphatic heterocycles. The number of nitrogens with one attached hydrogen (secondary N) is 2. The number of para-hydroxylation sites is 1. The fourth-order valence-corrected chi connectivity index (χ4v) is 2.15. The summed E-state index contributed by atoms with van der Waals surface area (Å²) in [5, 5.41) is 9.82. The van der Waals surface area contributed by atoms with E-state index in [9.17, 15) is 4.79 Å². The molecule has 112 valence electrons. The molecule has 0 spiro atoms. The summed E-state index contributed by atoms with van der Waals surface area (Å²) in [6, 6.07) is 7.42. The fraction of sp³-hybridized carbons (Fsp3) is 0.400. The van der Waals surface area contributed by atoms with Gasteiger partial charge in [0.25, 0.3) is 0 Å². The average Bonchev–Trinajstić information content (AvgIpc) is 2.86. The van der Waals surface area contributed by atoms with Crippen LogP contribution >= 0.6 is 0 Å². The number of nitrogens with two attached hydrogens (primary N) is 1. The Bertz CT molecular complexity index is 632. The van der Waals surface area contributed by atoms with E-state index in [1.165, 1.54) is 0 Å². The van der Waals surface area contributed by atoms with Crippen LogP contribution in [0.5, 0.6) is 0 Å². The molecule has 21 heavy (non-hydrogen) atoms. The topological polar surface area (TPSA) is 96.7 Å². The monoisotopic (exact) mass is 287 g/mol. The Balaban J connectivity index is 2.27. The number of H-pyrrole nitrogens is 1. The number of nitrogens with zero attached hydrogens (tertiary/aromatic N) is 2. The molecule has 1 amide bonds. The Morgan fingerprint density at radius 1 is 1.43 bits per heavy atom. The number of carbonyl (C=O) groups is 1. The second-order valence-corrected chi connectivity index (χ2v) is 5.41. The normalized spacial score (nSPS) is 13.7. The molecule has 2 rings (SSSR count).